The molecule has 4 heteroatoms. The maximum absolute atomic E-state index is 14.1. The van der Waals surface area contributed by atoms with Crippen molar-refractivity contribution < 1.29 is 18.3 Å². The van der Waals surface area contributed by atoms with Gasteiger partial charge in [0.1, 0.15) is 0 Å². The van der Waals surface area contributed by atoms with Crippen LogP contribution in [0.25, 0.3) is 10.8 Å². The third-order valence-electron chi connectivity index (χ3n) is 2.86. The lowest BCUT2D eigenvalue weighted by Crippen LogP contribution is -2.38. The van der Waals surface area contributed by atoms with Gasteiger partial charge in [-0.05, 0) is 17.7 Å². The Balaban J connectivity index is 2.72. The highest BCUT2D eigenvalue weighted by atomic mass is 19.3. The first-order valence-electron chi connectivity index (χ1n) is 5.11. The van der Waals surface area contributed by atoms with Crippen LogP contribution in [0.5, 0.6) is 0 Å². The quantitative estimate of drug-likeness (QED) is 0.850. The first kappa shape index (κ1) is 11.9. The van der Waals surface area contributed by atoms with Gasteiger partial charge in [-0.25, -0.2) is 4.39 Å². The smallest absolute Gasteiger partial charge is 0.334 e. The first-order valence-corrected chi connectivity index (χ1v) is 5.11. The van der Waals surface area contributed by atoms with Crippen molar-refractivity contribution in [3.63, 3.8) is 0 Å². The molecule has 2 rings (SSSR count). The number of benzene rings is 2. The molecule has 0 heterocycles. The lowest BCUT2D eigenvalue weighted by atomic mass is 9.91. The summed E-state index contributed by atoms with van der Waals surface area (Å²) in [5, 5.41) is 9.67. The van der Waals surface area contributed by atoms with E-state index < -0.39 is 11.8 Å². The zero-order valence-electron chi connectivity index (χ0n) is 9.12. The number of hydrogen-bond acceptors (Lipinski definition) is 1. The van der Waals surface area contributed by atoms with Crippen LogP contribution in [0, 0.1) is 0 Å². The summed E-state index contributed by atoms with van der Waals surface area (Å²) in [6, 6.07) is 11.1. The molecule has 1 N–H and O–H groups in total. The van der Waals surface area contributed by atoms with E-state index in [2.05, 4.69) is 0 Å². The largest absolute Gasteiger partial charge is 0.391 e. The lowest BCUT2D eigenvalue weighted by molar-refractivity contribution is -0.281. The molecule has 0 amide bonds. The summed E-state index contributed by atoms with van der Waals surface area (Å²) in [7, 11) is 0. The van der Waals surface area contributed by atoms with Gasteiger partial charge in [-0.15, -0.1) is 0 Å². The summed E-state index contributed by atoms with van der Waals surface area (Å²) in [5.41, 5.74) is -3.34. The minimum atomic E-state index is -4.42. The van der Waals surface area contributed by atoms with Gasteiger partial charge in [0.15, 0.2) is 0 Å². The van der Waals surface area contributed by atoms with Gasteiger partial charge in [0.25, 0.3) is 0 Å². The van der Waals surface area contributed by atoms with Crippen LogP contribution in [0.4, 0.5) is 13.2 Å². The van der Waals surface area contributed by atoms with Crippen LogP contribution in [0.1, 0.15) is 12.5 Å². The molecule has 2 aromatic carbocycles. The summed E-state index contributed by atoms with van der Waals surface area (Å²) >= 11 is 0. The van der Waals surface area contributed by atoms with Crippen molar-refractivity contribution in [2.24, 2.45) is 0 Å². The number of fused-ring (bicyclic) bond motifs is 1. The summed E-state index contributed by atoms with van der Waals surface area (Å²) in [6.45, 7) is 0.675. The number of aliphatic hydroxyl groups is 1. The Morgan fingerprint density at radius 2 is 1.53 bits per heavy atom. The number of alkyl halides is 3. The fourth-order valence-electron chi connectivity index (χ4n) is 1.80. The molecule has 1 atom stereocenters. The highest BCUT2D eigenvalue weighted by Gasteiger charge is 2.51. The van der Waals surface area contributed by atoms with Gasteiger partial charge >= 0.3 is 6.11 Å². The van der Waals surface area contributed by atoms with E-state index in [1.165, 1.54) is 12.1 Å². The maximum atomic E-state index is 14.1. The molecular weight excluding hydrogens is 229 g/mol. The van der Waals surface area contributed by atoms with Crippen molar-refractivity contribution >= 4 is 10.8 Å². The van der Waals surface area contributed by atoms with E-state index in [-0.39, 0.29) is 5.56 Å². The van der Waals surface area contributed by atoms with Gasteiger partial charge in [0, 0.05) is 5.56 Å². The van der Waals surface area contributed by atoms with Crippen molar-refractivity contribution in [1.29, 1.82) is 0 Å². The topological polar surface area (TPSA) is 20.2 Å². The van der Waals surface area contributed by atoms with Crippen LogP contribution in [-0.4, -0.2) is 11.2 Å². The molecule has 0 aliphatic heterocycles. The molecule has 0 spiro atoms. The van der Waals surface area contributed by atoms with Gasteiger partial charge < -0.3 is 5.11 Å². The van der Waals surface area contributed by atoms with Crippen LogP contribution in [0.3, 0.4) is 0 Å². The highest BCUT2D eigenvalue weighted by molar-refractivity contribution is 5.86. The molecule has 17 heavy (non-hydrogen) atoms. The van der Waals surface area contributed by atoms with Crippen LogP contribution >= 0.6 is 0 Å². The van der Waals surface area contributed by atoms with Gasteiger partial charge in [-0.3, -0.25) is 0 Å². The Hall–Kier alpha value is -1.55. The molecular formula is C13H11F3O. The zero-order chi connectivity index (χ0) is 12.7. The molecule has 0 aliphatic rings. The zero-order valence-corrected chi connectivity index (χ0v) is 9.12. The highest BCUT2D eigenvalue weighted by Crippen LogP contribution is 2.41. The molecule has 1 unspecified atom stereocenters. The van der Waals surface area contributed by atoms with E-state index in [1.54, 1.807) is 30.3 Å². The molecule has 0 aliphatic carbocycles. The summed E-state index contributed by atoms with van der Waals surface area (Å²) < 4.78 is 39.8. The number of halogens is 3. The summed E-state index contributed by atoms with van der Waals surface area (Å²) in [6.07, 6.45) is -4.42. The third kappa shape index (κ3) is 1.89. The average molecular weight is 240 g/mol. The number of rotatable bonds is 2. The number of hydrogen-bond donors (Lipinski definition) is 1. The van der Waals surface area contributed by atoms with Crippen LogP contribution in [0.15, 0.2) is 42.5 Å². The predicted octanol–water partition coefficient (Wildman–Crippen LogP) is 3.61. The van der Waals surface area contributed by atoms with Crippen molar-refractivity contribution in [2.45, 2.75) is 18.7 Å². The maximum Gasteiger partial charge on any atom is 0.391 e. The fraction of sp³-hybridized carbons (Fsp3) is 0.231. The van der Waals surface area contributed by atoms with Crippen molar-refractivity contribution in [2.75, 3.05) is 0 Å². The van der Waals surface area contributed by atoms with Gasteiger partial charge in [0.2, 0.25) is 5.67 Å². The second-order valence-corrected chi connectivity index (χ2v) is 4.07. The van der Waals surface area contributed by atoms with Gasteiger partial charge in [-0.1, -0.05) is 42.5 Å². The van der Waals surface area contributed by atoms with Crippen molar-refractivity contribution in [3.05, 3.63) is 48.0 Å². The van der Waals surface area contributed by atoms with E-state index in [0.29, 0.717) is 17.7 Å². The van der Waals surface area contributed by atoms with Crippen LogP contribution in [0.2, 0.25) is 0 Å². The van der Waals surface area contributed by atoms with E-state index in [4.69, 9.17) is 5.11 Å². The molecule has 0 fully saturated rings. The molecule has 0 saturated carbocycles. The van der Waals surface area contributed by atoms with E-state index in [0.717, 1.165) is 0 Å². The van der Waals surface area contributed by atoms with E-state index >= 15 is 0 Å². The Kier molecular flexibility index (Phi) is 2.62. The molecule has 0 aromatic heterocycles. The third-order valence-corrected chi connectivity index (χ3v) is 2.86. The first-order chi connectivity index (χ1) is 7.84. The Bertz CT molecular complexity index is 538. The molecule has 1 nitrogen and oxygen atoms in total. The molecule has 0 radical (unpaired) electrons. The minimum Gasteiger partial charge on any atom is -0.334 e. The summed E-state index contributed by atoms with van der Waals surface area (Å²) in [5.74, 6) is 0. The molecule has 0 bridgehead atoms. The minimum absolute atomic E-state index is 0.219. The SMILES string of the molecule is CC(F)(c1cccc2ccccc12)C(O)(F)F. The average Bonchev–Trinajstić information content (AvgIpc) is 2.26. The molecule has 0 saturated heterocycles. The molecule has 2 aromatic rings. The predicted molar refractivity (Wildman–Crippen MR) is 59.6 cm³/mol. The second-order valence-electron chi connectivity index (χ2n) is 4.07. The fourth-order valence-corrected chi connectivity index (χ4v) is 1.80. The van der Waals surface area contributed by atoms with Gasteiger partial charge in [-0.2, -0.15) is 8.78 Å². The second kappa shape index (κ2) is 3.74. The van der Waals surface area contributed by atoms with Crippen LogP contribution < -0.4 is 0 Å². The van der Waals surface area contributed by atoms with Crippen LogP contribution in [-0.2, 0) is 5.67 Å². The summed E-state index contributed by atoms with van der Waals surface area (Å²) in [4.78, 5) is 0. The van der Waals surface area contributed by atoms with Crippen molar-refractivity contribution in [1.82, 2.24) is 0 Å². The van der Waals surface area contributed by atoms with Gasteiger partial charge in [0.05, 0.1) is 0 Å². The van der Waals surface area contributed by atoms with E-state index in [9.17, 15) is 13.2 Å². The standard InChI is InChI=1S/C13H11F3O/c1-12(14,13(15,16)17)11-8-4-6-9-5-2-3-7-10(9)11/h2-8,17H,1H3. The monoisotopic (exact) mass is 240 g/mol. The van der Waals surface area contributed by atoms with Crippen molar-refractivity contribution in [3.8, 4) is 0 Å². The molecule has 90 valence electrons. The normalized spacial score (nSPS) is 15.8. The van der Waals surface area contributed by atoms with E-state index in [1.807, 2.05) is 0 Å². The Morgan fingerprint density at radius 1 is 0.941 bits per heavy atom. The Morgan fingerprint density at radius 3 is 2.18 bits per heavy atom. The Labute approximate surface area is 96.5 Å². The lowest BCUT2D eigenvalue weighted by Gasteiger charge is -2.26.